The molecule has 3 rings (SSSR count). The lowest BCUT2D eigenvalue weighted by molar-refractivity contribution is -0.147. The maximum absolute atomic E-state index is 11.8. The van der Waals surface area contributed by atoms with Gasteiger partial charge < -0.3 is 9.84 Å². The number of rotatable bonds is 0. The highest BCUT2D eigenvalue weighted by atomic mass is 16.6. The van der Waals surface area contributed by atoms with Gasteiger partial charge in [-0.25, -0.2) is 0 Å². The molecule has 2 fully saturated rings. The molecule has 0 bridgehead atoms. The summed E-state index contributed by atoms with van der Waals surface area (Å²) in [6, 6.07) is 0. The summed E-state index contributed by atoms with van der Waals surface area (Å²) in [6.45, 7) is 6.05. The normalized spacial score (nSPS) is 47.7. The van der Waals surface area contributed by atoms with E-state index in [1.807, 2.05) is 13.8 Å². The molecule has 0 amide bonds. The molecule has 1 heterocycles. The number of esters is 1. The van der Waals surface area contributed by atoms with Gasteiger partial charge in [0.2, 0.25) is 0 Å². The van der Waals surface area contributed by atoms with Crippen molar-refractivity contribution in [3.8, 4) is 0 Å². The van der Waals surface area contributed by atoms with Crippen molar-refractivity contribution in [3.05, 3.63) is 11.1 Å². The van der Waals surface area contributed by atoms with Crippen LogP contribution in [0.5, 0.6) is 0 Å². The highest BCUT2D eigenvalue weighted by molar-refractivity contribution is 5.75. The van der Waals surface area contributed by atoms with Gasteiger partial charge in [0.25, 0.3) is 0 Å². The van der Waals surface area contributed by atoms with E-state index in [1.165, 1.54) is 11.1 Å². The van der Waals surface area contributed by atoms with E-state index in [0.717, 1.165) is 25.7 Å². The second-order valence-corrected chi connectivity index (χ2v) is 6.53. The fourth-order valence-corrected chi connectivity index (χ4v) is 4.17. The molecule has 5 atom stereocenters. The van der Waals surface area contributed by atoms with E-state index in [-0.39, 0.29) is 29.8 Å². The number of carbonyl (C=O) groups is 1. The van der Waals surface area contributed by atoms with Crippen LogP contribution in [-0.2, 0) is 9.53 Å². The largest absolute Gasteiger partial charge is 0.461 e. The smallest absolute Gasteiger partial charge is 0.309 e. The van der Waals surface area contributed by atoms with E-state index in [0.29, 0.717) is 0 Å². The maximum Gasteiger partial charge on any atom is 0.309 e. The van der Waals surface area contributed by atoms with Crippen molar-refractivity contribution in [1.82, 2.24) is 0 Å². The van der Waals surface area contributed by atoms with Crippen molar-refractivity contribution in [3.63, 3.8) is 0 Å². The molecule has 1 aliphatic heterocycles. The average molecular weight is 250 g/mol. The lowest BCUT2D eigenvalue weighted by atomic mass is 9.78. The molecule has 3 aliphatic rings. The third-order valence-electron chi connectivity index (χ3n) is 5.36. The third kappa shape index (κ3) is 1.56. The zero-order valence-electron chi connectivity index (χ0n) is 11.4. The van der Waals surface area contributed by atoms with Gasteiger partial charge in [-0.05, 0) is 39.5 Å². The second-order valence-electron chi connectivity index (χ2n) is 6.53. The first-order valence-corrected chi connectivity index (χ1v) is 7.03. The molecule has 0 unspecified atom stereocenters. The van der Waals surface area contributed by atoms with Gasteiger partial charge in [0, 0.05) is 11.8 Å². The summed E-state index contributed by atoms with van der Waals surface area (Å²) in [5, 5.41) is 10.6. The van der Waals surface area contributed by atoms with Crippen LogP contribution in [0.15, 0.2) is 11.1 Å². The minimum Gasteiger partial charge on any atom is -0.461 e. The van der Waals surface area contributed by atoms with Gasteiger partial charge in [-0.2, -0.15) is 0 Å². The molecule has 0 aromatic carbocycles. The first-order chi connectivity index (χ1) is 8.42. The molecule has 0 aromatic heterocycles. The fourth-order valence-electron chi connectivity index (χ4n) is 4.17. The molecular formula is C15H22O3. The maximum atomic E-state index is 11.8. The van der Waals surface area contributed by atoms with Crippen LogP contribution in [0.4, 0.5) is 0 Å². The molecule has 1 saturated heterocycles. The van der Waals surface area contributed by atoms with E-state index < -0.39 is 5.60 Å². The summed E-state index contributed by atoms with van der Waals surface area (Å²) in [6.07, 6.45) is 3.71. The predicted molar refractivity (Wildman–Crippen MR) is 67.8 cm³/mol. The molecule has 3 heteroatoms. The highest BCUT2D eigenvalue weighted by Gasteiger charge is 2.55. The van der Waals surface area contributed by atoms with Crippen LogP contribution in [0.2, 0.25) is 0 Å². The predicted octanol–water partition coefficient (Wildman–Crippen LogP) is 2.44. The minimum atomic E-state index is -0.714. The molecule has 0 radical (unpaired) electrons. The summed E-state index contributed by atoms with van der Waals surface area (Å²) in [5.74, 6) is 0.212. The Kier molecular flexibility index (Phi) is 2.60. The van der Waals surface area contributed by atoms with Crippen molar-refractivity contribution in [2.75, 3.05) is 0 Å². The highest BCUT2D eigenvalue weighted by Crippen LogP contribution is 2.52. The molecule has 100 valence electrons. The number of hydrogen-bond donors (Lipinski definition) is 1. The number of carbonyl (C=O) groups excluding carboxylic acids is 1. The Labute approximate surface area is 108 Å². The fraction of sp³-hybridized carbons (Fsp3) is 0.800. The number of fused-ring (bicyclic) bond motifs is 3. The van der Waals surface area contributed by atoms with Crippen LogP contribution < -0.4 is 0 Å². The van der Waals surface area contributed by atoms with Crippen LogP contribution in [0, 0.1) is 17.8 Å². The van der Waals surface area contributed by atoms with Gasteiger partial charge in [0.05, 0.1) is 11.5 Å². The van der Waals surface area contributed by atoms with E-state index >= 15 is 0 Å². The van der Waals surface area contributed by atoms with Crippen LogP contribution in [0.25, 0.3) is 0 Å². The van der Waals surface area contributed by atoms with E-state index in [1.54, 1.807) is 0 Å². The molecular weight excluding hydrogens is 228 g/mol. The van der Waals surface area contributed by atoms with Crippen molar-refractivity contribution in [1.29, 1.82) is 0 Å². The van der Waals surface area contributed by atoms with E-state index in [2.05, 4.69) is 6.92 Å². The lowest BCUT2D eigenvalue weighted by Gasteiger charge is -2.32. The quantitative estimate of drug-likeness (QED) is 0.530. The van der Waals surface area contributed by atoms with Crippen LogP contribution in [-0.4, -0.2) is 22.8 Å². The summed E-state index contributed by atoms with van der Waals surface area (Å²) >= 11 is 0. The Hall–Kier alpha value is -0.830. The van der Waals surface area contributed by atoms with Gasteiger partial charge in [-0.15, -0.1) is 0 Å². The summed E-state index contributed by atoms with van der Waals surface area (Å²) in [7, 11) is 0. The Bertz CT molecular complexity index is 421. The van der Waals surface area contributed by atoms with Gasteiger partial charge in [-0.1, -0.05) is 18.1 Å². The first kappa shape index (κ1) is 12.2. The Morgan fingerprint density at radius 1 is 1.39 bits per heavy atom. The van der Waals surface area contributed by atoms with Crippen LogP contribution in [0.3, 0.4) is 0 Å². The molecule has 1 N–H and O–H groups in total. The third-order valence-corrected chi connectivity index (χ3v) is 5.36. The van der Waals surface area contributed by atoms with Crippen molar-refractivity contribution in [2.45, 2.75) is 58.2 Å². The summed E-state index contributed by atoms with van der Waals surface area (Å²) < 4.78 is 5.62. The van der Waals surface area contributed by atoms with Gasteiger partial charge in [0.1, 0.15) is 6.10 Å². The molecule has 0 spiro atoms. The number of hydrogen-bond acceptors (Lipinski definition) is 3. The standard InChI is InChI=1S/C15H22O3/c1-8-4-5-11-9(2)14(16)18-13(11)12-10(8)6-7-15(12,3)17/h9,11-13,17H,4-7H2,1-3H3/t9-,11-,12+,13+,15+/m1/s1. The molecule has 18 heavy (non-hydrogen) atoms. The second kappa shape index (κ2) is 3.83. The first-order valence-electron chi connectivity index (χ1n) is 7.03. The van der Waals surface area contributed by atoms with Crippen molar-refractivity contribution >= 4 is 5.97 Å². The zero-order valence-corrected chi connectivity index (χ0v) is 11.4. The summed E-state index contributed by atoms with van der Waals surface area (Å²) in [5.41, 5.74) is 2.05. The zero-order chi connectivity index (χ0) is 13.1. The Morgan fingerprint density at radius 3 is 2.83 bits per heavy atom. The molecule has 1 saturated carbocycles. The Morgan fingerprint density at radius 2 is 2.11 bits per heavy atom. The molecule has 2 aliphatic carbocycles. The van der Waals surface area contributed by atoms with Gasteiger partial charge in [-0.3, -0.25) is 4.79 Å². The Balaban J connectivity index is 2.04. The monoisotopic (exact) mass is 250 g/mol. The minimum absolute atomic E-state index is 0.0152. The lowest BCUT2D eigenvalue weighted by Crippen LogP contribution is -2.40. The SMILES string of the molecule is CC1=C2CC[C@](C)(O)[C@@H]2[C@H]2OC(=O)[C@H](C)[C@H]2CC1. The van der Waals surface area contributed by atoms with Crippen molar-refractivity contribution in [2.24, 2.45) is 17.8 Å². The average Bonchev–Trinajstić information content (AvgIpc) is 2.69. The van der Waals surface area contributed by atoms with Gasteiger partial charge >= 0.3 is 5.97 Å². The van der Waals surface area contributed by atoms with Crippen molar-refractivity contribution < 1.29 is 14.6 Å². The molecule has 3 nitrogen and oxygen atoms in total. The van der Waals surface area contributed by atoms with Crippen LogP contribution >= 0.6 is 0 Å². The molecule has 0 aromatic rings. The van der Waals surface area contributed by atoms with E-state index in [4.69, 9.17) is 4.74 Å². The number of ether oxygens (including phenoxy) is 1. The summed E-state index contributed by atoms with van der Waals surface area (Å²) in [4.78, 5) is 11.8. The number of allylic oxidation sites excluding steroid dienone is 1. The number of aliphatic hydroxyl groups is 1. The topological polar surface area (TPSA) is 46.5 Å². The van der Waals surface area contributed by atoms with Crippen LogP contribution in [0.1, 0.15) is 46.5 Å². The van der Waals surface area contributed by atoms with Gasteiger partial charge in [0.15, 0.2) is 0 Å². The van der Waals surface area contributed by atoms with E-state index in [9.17, 15) is 9.90 Å².